The van der Waals surface area contributed by atoms with Gasteiger partial charge in [0.1, 0.15) is 0 Å². The first-order valence-electron chi connectivity index (χ1n) is 10.8. The molecule has 0 saturated carbocycles. The van der Waals surface area contributed by atoms with Gasteiger partial charge in [-0.05, 0) is 42.2 Å². The summed E-state index contributed by atoms with van der Waals surface area (Å²) in [6.45, 7) is 0.837. The van der Waals surface area contributed by atoms with Crippen LogP contribution in [0.15, 0.2) is 65.6 Å². The van der Waals surface area contributed by atoms with Crippen LogP contribution >= 0.6 is 23.2 Å². The van der Waals surface area contributed by atoms with Gasteiger partial charge in [-0.15, -0.1) is 0 Å². The minimum Gasteiger partial charge on any atom is -0.350 e. The van der Waals surface area contributed by atoms with Crippen LogP contribution < -0.4 is 10.9 Å². The highest BCUT2D eigenvalue weighted by molar-refractivity contribution is 6.42. The van der Waals surface area contributed by atoms with Crippen molar-refractivity contribution in [2.24, 2.45) is 0 Å². The van der Waals surface area contributed by atoms with E-state index in [0.717, 1.165) is 11.1 Å². The van der Waals surface area contributed by atoms with E-state index in [0.29, 0.717) is 41.7 Å². The maximum absolute atomic E-state index is 12.8. The molecule has 1 saturated heterocycles. The first-order chi connectivity index (χ1) is 16.4. The number of nitrogens with one attached hydrogen (secondary N) is 2. The number of nitrogens with zero attached hydrogens (tertiary/aromatic N) is 2. The fourth-order valence-corrected chi connectivity index (χ4v) is 4.04. The molecule has 2 amide bonds. The van der Waals surface area contributed by atoms with Gasteiger partial charge in [-0.1, -0.05) is 59.6 Å². The van der Waals surface area contributed by atoms with Crippen molar-refractivity contribution in [3.8, 4) is 11.3 Å². The van der Waals surface area contributed by atoms with Crippen LogP contribution in [0.25, 0.3) is 17.3 Å². The van der Waals surface area contributed by atoms with Crippen LogP contribution in [-0.4, -0.2) is 45.8 Å². The van der Waals surface area contributed by atoms with Crippen LogP contribution in [0.5, 0.6) is 0 Å². The van der Waals surface area contributed by atoms with Crippen LogP contribution in [0, 0.1) is 0 Å². The molecule has 0 atom stereocenters. The van der Waals surface area contributed by atoms with E-state index in [1.54, 1.807) is 29.2 Å². The van der Waals surface area contributed by atoms with Gasteiger partial charge >= 0.3 is 0 Å². The third kappa shape index (κ3) is 5.73. The van der Waals surface area contributed by atoms with Gasteiger partial charge in [-0.3, -0.25) is 14.4 Å². The first-order valence-corrected chi connectivity index (χ1v) is 11.5. The van der Waals surface area contributed by atoms with Crippen LogP contribution in [0.2, 0.25) is 10.0 Å². The van der Waals surface area contributed by atoms with Gasteiger partial charge in [-0.2, -0.15) is 0 Å². The zero-order chi connectivity index (χ0) is 24.1. The summed E-state index contributed by atoms with van der Waals surface area (Å²) in [5, 5.41) is 3.82. The van der Waals surface area contributed by atoms with Gasteiger partial charge in [-0.25, -0.2) is 4.98 Å². The number of piperidine rings is 1. The number of aromatic amines is 1. The second-order valence-electron chi connectivity index (χ2n) is 7.92. The van der Waals surface area contributed by atoms with Crippen molar-refractivity contribution in [1.29, 1.82) is 0 Å². The maximum atomic E-state index is 12.8. The zero-order valence-corrected chi connectivity index (χ0v) is 19.6. The lowest BCUT2D eigenvalue weighted by Gasteiger charge is -2.31. The highest BCUT2D eigenvalue weighted by Crippen LogP contribution is 2.23. The number of hydrogen-bond acceptors (Lipinski definition) is 4. The highest BCUT2D eigenvalue weighted by Gasteiger charge is 2.26. The summed E-state index contributed by atoms with van der Waals surface area (Å²) in [6, 6.07) is 14.4. The molecule has 7 nitrogen and oxygen atoms in total. The van der Waals surface area contributed by atoms with Gasteiger partial charge in [0.2, 0.25) is 5.91 Å². The summed E-state index contributed by atoms with van der Waals surface area (Å²) in [6.07, 6.45) is 5.76. The lowest BCUT2D eigenvalue weighted by Crippen LogP contribution is -2.47. The number of hydrogen-bond donors (Lipinski definition) is 2. The summed E-state index contributed by atoms with van der Waals surface area (Å²) in [7, 11) is 0. The van der Waals surface area contributed by atoms with Crippen LogP contribution in [0.4, 0.5) is 0 Å². The van der Waals surface area contributed by atoms with Crippen molar-refractivity contribution >= 4 is 41.1 Å². The number of aromatic nitrogens is 2. The fraction of sp³-hybridized carbons (Fsp3) is 0.200. The Hall–Kier alpha value is -3.42. The lowest BCUT2D eigenvalue weighted by molar-refractivity contribution is -0.117. The number of likely N-dealkylation sites (tertiary alicyclic amines) is 1. The third-order valence-electron chi connectivity index (χ3n) is 5.57. The summed E-state index contributed by atoms with van der Waals surface area (Å²) in [4.78, 5) is 46.1. The third-order valence-corrected chi connectivity index (χ3v) is 6.31. The maximum Gasteiger partial charge on any atom is 0.280 e. The summed E-state index contributed by atoms with van der Waals surface area (Å²) < 4.78 is 0. The summed E-state index contributed by atoms with van der Waals surface area (Å²) >= 11 is 11.9. The van der Waals surface area contributed by atoms with Crippen molar-refractivity contribution in [1.82, 2.24) is 20.2 Å². The number of H-pyrrole nitrogens is 1. The number of rotatable bonds is 5. The Morgan fingerprint density at radius 3 is 2.47 bits per heavy atom. The molecule has 0 unspecified atom stereocenters. The molecule has 0 aliphatic carbocycles. The highest BCUT2D eigenvalue weighted by atomic mass is 35.5. The van der Waals surface area contributed by atoms with E-state index < -0.39 is 11.5 Å². The average Bonchev–Trinajstić information content (AvgIpc) is 2.85. The number of carbonyl (C=O) groups is 2. The molecule has 9 heteroatoms. The van der Waals surface area contributed by atoms with Crippen molar-refractivity contribution < 1.29 is 9.59 Å². The minimum absolute atomic E-state index is 0.0679. The van der Waals surface area contributed by atoms with E-state index in [9.17, 15) is 14.4 Å². The normalized spacial score (nSPS) is 14.4. The van der Waals surface area contributed by atoms with Gasteiger partial charge in [0.25, 0.3) is 11.5 Å². The molecule has 0 spiro atoms. The lowest BCUT2D eigenvalue weighted by atomic mass is 10.0. The van der Waals surface area contributed by atoms with Gasteiger partial charge in [0.05, 0.1) is 21.9 Å². The molecule has 4 rings (SSSR count). The largest absolute Gasteiger partial charge is 0.350 e. The van der Waals surface area contributed by atoms with E-state index in [4.69, 9.17) is 23.2 Å². The van der Waals surface area contributed by atoms with Crippen molar-refractivity contribution in [2.75, 3.05) is 13.1 Å². The van der Waals surface area contributed by atoms with E-state index in [1.807, 2.05) is 30.3 Å². The average molecular weight is 497 g/mol. The summed E-state index contributed by atoms with van der Waals surface area (Å²) in [5.74, 6) is -0.643. The monoisotopic (exact) mass is 496 g/mol. The Morgan fingerprint density at radius 1 is 1.06 bits per heavy atom. The van der Waals surface area contributed by atoms with Crippen molar-refractivity contribution in [3.63, 3.8) is 0 Å². The molecule has 34 heavy (non-hydrogen) atoms. The zero-order valence-electron chi connectivity index (χ0n) is 18.1. The number of amides is 2. The van der Waals surface area contributed by atoms with Gasteiger partial charge < -0.3 is 15.2 Å². The van der Waals surface area contributed by atoms with E-state index in [2.05, 4.69) is 15.3 Å². The Balaban J connectivity index is 1.31. The van der Waals surface area contributed by atoms with Crippen LogP contribution in [0.1, 0.15) is 28.9 Å². The summed E-state index contributed by atoms with van der Waals surface area (Å²) in [5.41, 5.74) is 1.48. The predicted octanol–water partition coefficient (Wildman–Crippen LogP) is 4.18. The molecular weight excluding hydrogens is 475 g/mol. The van der Waals surface area contributed by atoms with E-state index >= 15 is 0 Å². The van der Waals surface area contributed by atoms with Crippen LogP contribution in [-0.2, 0) is 4.79 Å². The van der Waals surface area contributed by atoms with Gasteiger partial charge in [0, 0.05) is 25.2 Å². The Kier molecular flexibility index (Phi) is 7.45. The quantitative estimate of drug-likeness (QED) is 0.518. The van der Waals surface area contributed by atoms with Crippen LogP contribution in [0.3, 0.4) is 0 Å². The molecule has 0 radical (unpaired) electrons. The van der Waals surface area contributed by atoms with Gasteiger partial charge in [0.15, 0.2) is 5.69 Å². The standard InChI is InChI=1S/C25H22Cl2N4O3/c26-19-8-6-16(14-20(19)27)7-9-22(32)29-18-10-12-31(13-11-18)25(34)23-24(33)30-21(15-28-23)17-4-2-1-3-5-17/h1-9,14-15,18H,10-13H2,(H,29,32)(H,30,33)/b9-7+. The molecule has 3 aromatic rings. The number of benzene rings is 2. The second kappa shape index (κ2) is 10.7. The number of carbonyl (C=O) groups excluding carboxylic acids is 2. The Labute approximate surface area is 206 Å². The van der Waals surface area contributed by atoms with Crippen molar-refractivity contribution in [3.05, 3.63) is 92.5 Å². The first kappa shape index (κ1) is 23.7. The van der Waals surface area contributed by atoms with E-state index in [-0.39, 0.29) is 17.6 Å². The predicted molar refractivity (Wildman–Crippen MR) is 133 cm³/mol. The Bertz CT molecular complexity index is 1280. The molecule has 2 heterocycles. The van der Waals surface area contributed by atoms with E-state index in [1.165, 1.54) is 12.3 Å². The smallest absolute Gasteiger partial charge is 0.280 e. The van der Waals surface area contributed by atoms with Crippen molar-refractivity contribution in [2.45, 2.75) is 18.9 Å². The fourth-order valence-electron chi connectivity index (χ4n) is 3.73. The topological polar surface area (TPSA) is 95.2 Å². The molecular formula is C25H22Cl2N4O3. The molecule has 0 bridgehead atoms. The molecule has 2 aromatic carbocycles. The molecule has 2 N–H and O–H groups in total. The molecule has 174 valence electrons. The molecule has 1 aliphatic rings. The molecule has 1 fully saturated rings. The molecule has 1 aromatic heterocycles. The Morgan fingerprint density at radius 2 is 1.79 bits per heavy atom. The minimum atomic E-state index is -0.519. The number of halogens is 2. The molecule has 1 aliphatic heterocycles. The SMILES string of the molecule is O=C(/C=C/c1ccc(Cl)c(Cl)c1)NC1CCN(C(=O)c2ncc(-c3ccccc3)[nH]c2=O)CC1. The second-order valence-corrected chi connectivity index (χ2v) is 8.74.